The largest absolute Gasteiger partial charge is 0.318 e. The Balaban J connectivity index is 0.00000210. The fourth-order valence-corrected chi connectivity index (χ4v) is 3.27. The lowest BCUT2D eigenvalue weighted by Crippen LogP contribution is -2.32. The van der Waals surface area contributed by atoms with Gasteiger partial charge in [0, 0.05) is 12.7 Å². The van der Waals surface area contributed by atoms with Crippen LogP contribution in [0.15, 0.2) is 48.8 Å². The number of carbonyl (C=O) groups excluding carboxylic acids is 1. The molecule has 0 radical (unpaired) electrons. The fraction of sp³-hybridized carbons (Fsp3) is 0.316. The molecule has 1 aromatic carbocycles. The number of hydrogen-bond donors (Lipinski definition) is 2. The Morgan fingerprint density at radius 1 is 1.26 bits per heavy atom. The van der Waals surface area contributed by atoms with E-state index in [1.165, 1.54) is 0 Å². The lowest BCUT2D eigenvalue weighted by Gasteiger charge is -2.22. The average molecular weight is 387 g/mol. The molecule has 0 aliphatic carbocycles. The third kappa shape index (κ3) is 4.04. The molecule has 0 spiro atoms. The van der Waals surface area contributed by atoms with Crippen molar-refractivity contribution in [2.75, 3.05) is 18.4 Å². The molecule has 8 heteroatoms. The van der Waals surface area contributed by atoms with Crippen molar-refractivity contribution in [3.63, 3.8) is 0 Å². The molecule has 27 heavy (non-hydrogen) atoms. The van der Waals surface area contributed by atoms with Crippen molar-refractivity contribution in [1.82, 2.24) is 24.9 Å². The number of halogens is 1. The highest BCUT2D eigenvalue weighted by molar-refractivity contribution is 6.03. The van der Waals surface area contributed by atoms with Crippen LogP contribution in [0, 0.1) is 6.92 Å². The van der Waals surface area contributed by atoms with Gasteiger partial charge < -0.3 is 10.6 Å². The van der Waals surface area contributed by atoms with Gasteiger partial charge in [-0.15, -0.1) is 12.4 Å². The Morgan fingerprint density at radius 3 is 2.81 bits per heavy atom. The minimum atomic E-state index is -0.219. The number of anilines is 1. The molecule has 142 valence electrons. The van der Waals surface area contributed by atoms with Crippen LogP contribution in [0.25, 0.3) is 5.69 Å². The molecule has 1 saturated heterocycles. The summed E-state index contributed by atoms with van der Waals surface area (Å²) in [5, 5.41) is 15.1. The summed E-state index contributed by atoms with van der Waals surface area (Å²) in [4.78, 5) is 12.6. The summed E-state index contributed by atoms with van der Waals surface area (Å²) in [6, 6.07) is 11.9. The topological polar surface area (TPSA) is 76.8 Å². The molecule has 1 atom stereocenters. The van der Waals surface area contributed by atoms with Crippen molar-refractivity contribution in [2.45, 2.75) is 25.8 Å². The van der Waals surface area contributed by atoms with Crippen molar-refractivity contribution in [3.8, 4) is 5.69 Å². The van der Waals surface area contributed by atoms with Gasteiger partial charge in [0.2, 0.25) is 0 Å². The number of aromatic nitrogens is 4. The van der Waals surface area contributed by atoms with E-state index in [1.807, 2.05) is 52.8 Å². The number of hydrogen-bond acceptors (Lipinski definition) is 4. The molecule has 1 aliphatic rings. The monoisotopic (exact) mass is 386 g/mol. The van der Waals surface area contributed by atoms with Crippen molar-refractivity contribution in [2.24, 2.45) is 0 Å². The maximum atomic E-state index is 12.6. The summed E-state index contributed by atoms with van der Waals surface area (Å²) in [5.41, 5.74) is 2.94. The quantitative estimate of drug-likeness (QED) is 0.722. The van der Waals surface area contributed by atoms with E-state index in [4.69, 9.17) is 0 Å². The Morgan fingerprint density at radius 2 is 2.07 bits per heavy atom. The first-order valence-corrected chi connectivity index (χ1v) is 8.89. The maximum Gasteiger partial charge on any atom is 0.276 e. The smallest absolute Gasteiger partial charge is 0.276 e. The minimum absolute atomic E-state index is 0. The molecular formula is C19H23ClN6O. The summed E-state index contributed by atoms with van der Waals surface area (Å²) >= 11 is 0. The van der Waals surface area contributed by atoms with Gasteiger partial charge in [0.05, 0.1) is 29.3 Å². The Bertz CT molecular complexity index is 898. The molecule has 1 amide bonds. The number of rotatable bonds is 4. The molecule has 1 fully saturated rings. The van der Waals surface area contributed by atoms with Crippen LogP contribution in [0.1, 0.15) is 35.1 Å². The first-order chi connectivity index (χ1) is 12.7. The number of carbonyl (C=O) groups is 1. The number of nitrogens with one attached hydrogen (secondary N) is 2. The zero-order chi connectivity index (χ0) is 17.9. The highest BCUT2D eigenvalue weighted by atomic mass is 35.5. The van der Waals surface area contributed by atoms with Gasteiger partial charge in [-0.2, -0.15) is 10.2 Å². The highest BCUT2D eigenvalue weighted by Crippen LogP contribution is 2.20. The molecule has 7 nitrogen and oxygen atoms in total. The van der Waals surface area contributed by atoms with Gasteiger partial charge in [-0.25, -0.2) is 4.68 Å². The molecular weight excluding hydrogens is 364 g/mol. The number of para-hydroxylation sites is 1. The first-order valence-electron chi connectivity index (χ1n) is 8.89. The van der Waals surface area contributed by atoms with Gasteiger partial charge in [-0.1, -0.05) is 18.2 Å². The van der Waals surface area contributed by atoms with E-state index < -0.39 is 0 Å². The highest BCUT2D eigenvalue weighted by Gasteiger charge is 2.19. The molecule has 1 unspecified atom stereocenters. The predicted molar refractivity (Wildman–Crippen MR) is 107 cm³/mol. The van der Waals surface area contributed by atoms with Crippen molar-refractivity contribution in [1.29, 1.82) is 0 Å². The van der Waals surface area contributed by atoms with Crippen LogP contribution in [-0.2, 0) is 0 Å². The van der Waals surface area contributed by atoms with Crippen LogP contribution in [0.5, 0.6) is 0 Å². The fourth-order valence-electron chi connectivity index (χ4n) is 3.27. The van der Waals surface area contributed by atoms with E-state index in [-0.39, 0.29) is 18.3 Å². The van der Waals surface area contributed by atoms with Gasteiger partial charge in [-0.05, 0) is 44.5 Å². The summed E-state index contributed by atoms with van der Waals surface area (Å²) in [6.45, 7) is 3.88. The van der Waals surface area contributed by atoms with Gasteiger partial charge in [0.25, 0.3) is 5.91 Å². The zero-order valence-corrected chi connectivity index (χ0v) is 15.9. The third-order valence-electron chi connectivity index (χ3n) is 4.74. The molecule has 1 aliphatic heterocycles. The Kier molecular flexibility index (Phi) is 5.93. The van der Waals surface area contributed by atoms with Crippen LogP contribution in [0.4, 0.5) is 5.69 Å². The SMILES string of the molecule is Cc1c(NC(=O)c2ccn(C3CCCNC3)n2)cnn1-c1ccccc1.Cl. The summed E-state index contributed by atoms with van der Waals surface area (Å²) < 4.78 is 3.70. The number of nitrogens with zero attached hydrogens (tertiary/aromatic N) is 4. The van der Waals surface area contributed by atoms with Gasteiger partial charge in [0.1, 0.15) is 0 Å². The predicted octanol–water partition coefficient (Wildman–Crippen LogP) is 2.98. The summed E-state index contributed by atoms with van der Waals surface area (Å²) in [6.07, 6.45) is 5.76. The molecule has 2 N–H and O–H groups in total. The third-order valence-corrected chi connectivity index (χ3v) is 4.74. The van der Waals surface area contributed by atoms with Gasteiger partial charge in [0.15, 0.2) is 5.69 Å². The van der Waals surface area contributed by atoms with E-state index in [1.54, 1.807) is 12.3 Å². The molecule has 3 heterocycles. The second kappa shape index (κ2) is 8.37. The van der Waals surface area contributed by atoms with Crippen LogP contribution in [0.2, 0.25) is 0 Å². The van der Waals surface area contributed by atoms with Crippen LogP contribution in [0.3, 0.4) is 0 Å². The molecule has 0 bridgehead atoms. The maximum absolute atomic E-state index is 12.6. The van der Waals surface area contributed by atoms with E-state index in [0.29, 0.717) is 17.4 Å². The van der Waals surface area contributed by atoms with Crippen molar-refractivity contribution in [3.05, 3.63) is 60.2 Å². The zero-order valence-electron chi connectivity index (χ0n) is 15.1. The molecule has 3 aromatic rings. The Labute approximate surface area is 164 Å². The van der Waals surface area contributed by atoms with Crippen LogP contribution >= 0.6 is 12.4 Å². The van der Waals surface area contributed by atoms with E-state index in [0.717, 1.165) is 37.3 Å². The normalized spacial score (nSPS) is 16.6. The van der Waals surface area contributed by atoms with Gasteiger partial charge in [-0.3, -0.25) is 9.48 Å². The Hall–Kier alpha value is -2.64. The number of benzene rings is 1. The van der Waals surface area contributed by atoms with E-state index >= 15 is 0 Å². The standard InChI is InChI=1S/C19H22N6O.ClH/c1-14-18(13-21-25(14)15-6-3-2-4-7-15)22-19(26)17-9-11-24(23-17)16-8-5-10-20-12-16;/h2-4,6-7,9,11,13,16,20H,5,8,10,12H2,1H3,(H,22,26);1H. The average Bonchev–Trinajstić information content (AvgIpc) is 3.31. The minimum Gasteiger partial charge on any atom is -0.318 e. The second-order valence-corrected chi connectivity index (χ2v) is 6.53. The summed E-state index contributed by atoms with van der Waals surface area (Å²) in [7, 11) is 0. The van der Waals surface area contributed by atoms with Crippen molar-refractivity contribution >= 4 is 24.0 Å². The first kappa shape index (κ1) is 19.1. The van der Waals surface area contributed by atoms with Crippen molar-refractivity contribution < 1.29 is 4.79 Å². The van der Waals surface area contributed by atoms with Gasteiger partial charge >= 0.3 is 0 Å². The summed E-state index contributed by atoms with van der Waals surface area (Å²) in [5.74, 6) is -0.219. The molecule has 4 rings (SSSR count). The van der Waals surface area contributed by atoms with E-state index in [2.05, 4.69) is 20.8 Å². The number of amides is 1. The molecule has 0 saturated carbocycles. The lowest BCUT2D eigenvalue weighted by atomic mass is 10.1. The van der Waals surface area contributed by atoms with Crippen LogP contribution in [-0.4, -0.2) is 38.6 Å². The number of piperidine rings is 1. The van der Waals surface area contributed by atoms with E-state index in [9.17, 15) is 4.79 Å². The lowest BCUT2D eigenvalue weighted by molar-refractivity contribution is 0.102. The van der Waals surface area contributed by atoms with Crippen LogP contribution < -0.4 is 10.6 Å². The molecule has 2 aromatic heterocycles. The second-order valence-electron chi connectivity index (χ2n) is 6.53.